The standard InChI is InChI=1S/C15H22Cl2/c1-2-3-4-5-6-7-8-9-13-10-11-14(16)15(17)12-13/h10-12H,2-9H2,1H3. The molecule has 1 aromatic carbocycles. The smallest absolute Gasteiger partial charge is 0.0595 e. The van der Waals surface area contributed by atoms with Gasteiger partial charge in [0.05, 0.1) is 10.0 Å². The Morgan fingerprint density at radius 1 is 0.824 bits per heavy atom. The van der Waals surface area contributed by atoms with Crippen molar-refractivity contribution in [3.05, 3.63) is 33.8 Å². The molecule has 0 aliphatic carbocycles. The molecular formula is C15H22Cl2. The van der Waals surface area contributed by atoms with Gasteiger partial charge in [0, 0.05) is 0 Å². The Morgan fingerprint density at radius 3 is 2.12 bits per heavy atom. The fraction of sp³-hybridized carbons (Fsp3) is 0.600. The summed E-state index contributed by atoms with van der Waals surface area (Å²) >= 11 is 11.9. The van der Waals surface area contributed by atoms with Crippen LogP contribution in [0, 0.1) is 0 Å². The highest BCUT2D eigenvalue weighted by molar-refractivity contribution is 6.42. The van der Waals surface area contributed by atoms with Crippen LogP contribution in [0.4, 0.5) is 0 Å². The molecule has 0 fully saturated rings. The van der Waals surface area contributed by atoms with Crippen molar-refractivity contribution < 1.29 is 0 Å². The second kappa shape index (κ2) is 8.83. The molecule has 0 saturated heterocycles. The third kappa shape index (κ3) is 6.33. The third-order valence-corrected chi connectivity index (χ3v) is 3.79. The van der Waals surface area contributed by atoms with Crippen LogP contribution >= 0.6 is 23.2 Å². The van der Waals surface area contributed by atoms with Gasteiger partial charge in [-0.3, -0.25) is 0 Å². The molecule has 96 valence electrons. The molecule has 0 radical (unpaired) electrons. The first-order chi connectivity index (χ1) is 8.24. The van der Waals surface area contributed by atoms with Crippen molar-refractivity contribution in [1.29, 1.82) is 0 Å². The largest absolute Gasteiger partial charge is 0.0827 e. The number of unbranched alkanes of at least 4 members (excludes halogenated alkanes) is 6. The van der Waals surface area contributed by atoms with Gasteiger partial charge < -0.3 is 0 Å². The fourth-order valence-electron chi connectivity index (χ4n) is 1.98. The molecule has 0 aliphatic heterocycles. The van der Waals surface area contributed by atoms with Crippen LogP contribution in [0.15, 0.2) is 18.2 Å². The van der Waals surface area contributed by atoms with Gasteiger partial charge in [-0.15, -0.1) is 0 Å². The summed E-state index contributed by atoms with van der Waals surface area (Å²) in [5.41, 5.74) is 1.30. The van der Waals surface area contributed by atoms with Gasteiger partial charge in [0.1, 0.15) is 0 Å². The molecule has 0 bridgehead atoms. The molecule has 1 rings (SSSR count). The first-order valence-electron chi connectivity index (χ1n) is 6.68. The fourth-order valence-corrected chi connectivity index (χ4v) is 2.30. The van der Waals surface area contributed by atoms with Crippen molar-refractivity contribution in [2.45, 2.75) is 58.3 Å². The normalized spacial score (nSPS) is 10.8. The summed E-state index contributed by atoms with van der Waals surface area (Å²) in [6.45, 7) is 2.25. The third-order valence-electron chi connectivity index (χ3n) is 3.05. The lowest BCUT2D eigenvalue weighted by atomic mass is 10.0. The second-order valence-electron chi connectivity index (χ2n) is 4.62. The molecule has 0 atom stereocenters. The Labute approximate surface area is 115 Å². The Hall–Kier alpha value is -0.200. The zero-order chi connectivity index (χ0) is 12.5. The van der Waals surface area contributed by atoms with Crippen LogP contribution in [0.3, 0.4) is 0 Å². The Balaban J connectivity index is 2.11. The average molecular weight is 273 g/mol. The lowest BCUT2D eigenvalue weighted by Crippen LogP contribution is -1.86. The lowest BCUT2D eigenvalue weighted by molar-refractivity contribution is 0.589. The molecule has 0 saturated carbocycles. The minimum absolute atomic E-state index is 0.648. The molecular weight excluding hydrogens is 251 g/mol. The maximum atomic E-state index is 5.98. The van der Waals surface area contributed by atoms with E-state index in [1.54, 1.807) is 0 Å². The molecule has 0 amide bonds. The summed E-state index contributed by atoms with van der Waals surface area (Å²) in [7, 11) is 0. The quantitative estimate of drug-likeness (QED) is 0.488. The van der Waals surface area contributed by atoms with Crippen LogP contribution in [0.5, 0.6) is 0 Å². The Morgan fingerprint density at radius 2 is 1.47 bits per heavy atom. The van der Waals surface area contributed by atoms with Crippen molar-refractivity contribution in [2.75, 3.05) is 0 Å². The van der Waals surface area contributed by atoms with E-state index in [-0.39, 0.29) is 0 Å². The lowest BCUT2D eigenvalue weighted by Gasteiger charge is -2.03. The minimum atomic E-state index is 0.648. The van der Waals surface area contributed by atoms with E-state index < -0.39 is 0 Å². The minimum Gasteiger partial charge on any atom is -0.0827 e. The van der Waals surface area contributed by atoms with Crippen LogP contribution in [0.25, 0.3) is 0 Å². The molecule has 0 aliphatic rings. The average Bonchev–Trinajstić information content (AvgIpc) is 2.32. The van der Waals surface area contributed by atoms with E-state index in [1.807, 2.05) is 12.1 Å². The zero-order valence-corrected chi connectivity index (χ0v) is 12.2. The molecule has 2 heteroatoms. The molecule has 0 N–H and O–H groups in total. The topological polar surface area (TPSA) is 0 Å². The van der Waals surface area contributed by atoms with E-state index in [1.165, 1.54) is 50.5 Å². The van der Waals surface area contributed by atoms with Crippen LogP contribution in [0.2, 0.25) is 10.0 Å². The number of benzene rings is 1. The van der Waals surface area contributed by atoms with E-state index in [0.29, 0.717) is 10.0 Å². The molecule has 17 heavy (non-hydrogen) atoms. The van der Waals surface area contributed by atoms with Crippen molar-refractivity contribution in [2.24, 2.45) is 0 Å². The number of hydrogen-bond acceptors (Lipinski definition) is 0. The van der Waals surface area contributed by atoms with Crippen molar-refractivity contribution in [3.8, 4) is 0 Å². The predicted octanol–water partition coefficient (Wildman–Crippen LogP) is 6.29. The molecule has 0 nitrogen and oxygen atoms in total. The summed E-state index contributed by atoms with van der Waals surface area (Å²) in [5, 5.41) is 1.32. The summed E-state index contributed by atoms with van der Waals surface area (Å²) in [6.07, 6.45) is 10.5. The van der Waals surface area contributed by atoms with Crippen molar-refractivity contribution >= 4 is 23.2 Å². The maximum Gasteiger partial charge on any atom is 0.0595 e. The zero-order valence-electron chi connectivity index (χ0n) is 10.6. The summed E-state index contributed by atoms with van der Waals surface area (Å²) in [5.74, 6) is 0. The highest BCUT2D eigenvalue weighted by Gasteiger charge is 1.99. The van der Waals surface area contributed by atoms with Gasteiger partial charge in [-0.05, 0) is 30.5 Å². The highest BCUT2D eigenvalue weighted by atomic mass is 35.5. The van der Waals surface area contributed by atoms with Crippen LogP contribution in [-0.2, 0) is 6.42 Å². The van der Waals surface area contributed by atoms with Gasteiger partial charge in [0.2, 0.25) is 0 Å². The van der Waals surface area contributed by atoms with Crippen LogP contribution in [-0.4, -0.2) is 0 Å². The van der Waals surface area contributed by atoms with Gasteiger partial charge in [-0.2, -0.15) is 0 Å². The van der Waals surface area contributed by atoms with Gasteiger partial charge in [0.15, 0.2) is 0 Å². The van der Waals surface area contributed by atoms with Gasteiger partial charge in [-0.1, -0.05) is 74.7 Å². The maximum absolute atomic E-state index is 5.98. The van der Waals surface area contributed by atoms with Crippen molar-refractivity contribution in [3.63, 3.8) is 0 Å². The Kier molecular flexibility index (Phi) is 7.72. The molecule has 0 aromatic heterocycles. The van der Waals surface area contributed by atoms with Gasteiger partial charge in [-0.25, -0.2) is 0 Å². The molecule has 0 unspecified atom stereocenters. The number of hydrogen-bond donors (Lipinski definition) is 0. The monoisotopic (exact) mass is 272 g/mol. The highest BCUT2D eigenvalue weighted by Crippen LogP contribution is 2.23. The van der Waals surface area contributed by atoms with E-state index in [0.717, 1.165) is 6.42 Å². The van der Waals surface area contributed by atoms with Crippen molar-refractivity contribution in [1.82, 2.24) is 0 Å². The van der Waals surface area contributed by atoms with Gasteiger partial charge in [0.25, 0.3) is 0 Å². The Bertz CT molecular complexity index is 321. The first kappa shape index (κ1) is 14.9. The number of aryl methyl sites for hydroxylation is 1. The van der Waals surface area contributed by atoms with Gasteiger partial charge >= 0.3 is 0 Å². The number of rotatable bonds is 8. The second-order valence-corrected chi connectivity index (χ2v) is 5.43. The summed E-state index contributed by atoms with van der Waals surface area (Å²) < 4.78 is 0. The molecule has 0 heterocycles. The van der Waals surface area contributed by atoms with Crippen LogP contribution < -0.4 is 0 Å². The molecule has 1 aromatic rings. The number of halogens is 2. The summed E-state index contributed by atoms with van der Waals surface area (Å²) in [6, 6.07) is 5.95. The molecule has 0 spiro atoms. The summed E-state index contributed by atoms with van der Waals surface area (Å²) in [4.78, 5) is 0. The predicted molar refractivity (Wildman–Crippen MR) is 78.2 cm³/mol. The van der Waals surface area contributed by atoms with E-state index in [2.05, 4.69) is 13.0 Å². The van der Waals surface area contributed by atoms with E-state index in [9.17, 15) is 0 Å². The SMILES string of the molecule is CCCCCCCCCc1ccc(Cl)c(Cl)c1. The van der Waals surface area contributed by atoms with E-state index >= 15 is 0 Å². The first-order valence-corrected chi connectivity index (χ1v) is 7.43. The van der Waals surface area contributed by atoms with Crippen LogP contribution in [0.1, 0.15) is 57.4 Å². The van der Waals surface area contributed by atoms with E-state index in [4.69, 9.17) is 23.2 Å².